The second-order valence-electron chi connectivity index (χ2n) is 26.1. The first-order valence-corrected chi connectivity index (χ1v) is 35.1. The molecule has 0 aliphatic carbocycles. The van der Waals surface area contributed by atoms with Crippen molar-refractivity contribution in [3.05, 3.63) is 0 Å². The first-order chi connectivity index (χ1) is 34.0. The summed E-state index contributed by atoms with van der Waals surface area (Å²) in [5.41, 5.74) is 0. The standard InChI is InChI=1S/C66H132I2O3/c1-15-17-19-21-23-25-27-41-69-65(37-29-33-53(3)43-57(7)47-61(11)51-63(13)49-59(9)45-55(5)35-31-39-67)71-66(70-42-28-26-24-22-20-18-16-2)38-30-34-54(4)44-58(8)48-62(12)52-64(14)50-60(10)46-56(6)36-32-40-68/h53-66H,15-52H2,1-14H3. The molecule has 0 N–H and O–H groups in total. The highest BCUT2D eigenvalue weighted by Gasteiger charge is 2.23. The van der Waals surface area contributed by atoms with Crippen LogP contribution in [0.2, 0.25) is 0 Å². The van der Waals surface area contributed by atoms with Gasteiger partial charge in [-0.3, -0.25) is 0 Å². The average Bonchev–Trinajstić information content (AvgIpc) is 3.28. The van der Waals surface area contributed by atoms with E-state index in [1.165, 1.54) is 201 Å². The van der Waals surface area contributed by atoms with Crippen molar-refractivity contribution in [2.24, 2.45) is 71.0 Å². The van der Waals surface area contributed by atoms with Crippen molar-refractivity contribution >= 4 is 45.2 Å². The Balaban J connectivity index is 5.38. The van der Waals surface area contributed by atoms with Crippen LogP contribution in [-0.2, 0) is 14.2 Å². The zero-order valence-corrected chi connectivity index (χ0v) is 55.2. The molecular formula is C66H132I2O3. The van der Waals surface area contributed by atoms with Crippen LogP contribution in [0.1, 0.15) is 315 Å². The van der Waals surface area contributed by atoms with E-state index in [9.17, 15) is 0 Å². The van der Waals surface area contributed by atoms with Crippen LogP contribution in [0.5, 0.6) is 0 Å². The maximum atomic E-state index is 6.96. The van der Waals surface area contributed by atoms with E-state index >= 15 is 0 Å². The molecule has 71 heavy (non-hydrogen) atoms. The Morgan fingerprint density at radius 1 is 0.254 bits per heavy atom. The lowest BCUT2D eigenvalue weighted by Gasteiger charge is -2.27. The molecule has 0 aliphatic heterocycles. The fourth-order valence-electron chi connectivity index (χ4n) is 13.3. The zero-order chi connectivity index (χ0) is 53.1. The molecule has 14 atom stereocenters. The highest BCUT2D eigenvalue weighted by atomic mass is 127. The van der Waals surface area contributed by atoms with Gasteiger partial charge in [-0.15, -0.1) is 0 Å². The predicted molar refractivity (Wildman–Crippen MR) is 337 cm³/mol. The van der Waals surface area contributed by atoms with E-state index in [1.54, 1.807) is 0 Å². The van der Waals surface area contributed by atoms with Crippen molar-refractivity contribution in [3.8, 4) is 0 Å². The lowest BCUT2D eigenvalue weighted by molar-refractivity contribution is -0.250. The van der Waals surface area contributed by atoms with Gasteiger partial charge in [0.05, 0.1) is 0 Å². The maximum absolute atomic E-state index is 6.96. The van der Waals surface area contributed by atoms with Gasteiger partial charge >= 0.3 is 0 Å². The summed E-state index contributed by atoms with van der Waals surface area (Å²) < 4.78 is 23.0. The second-order valence-corrected chi connectivity index (χ2v) is 28.3. The van der Waals surface area contributed by atoms with Crippen LogP contribution in [0.4, 0.5) is 0 Å². The van der Waals surface area contributed by atoms with Gasteiger partial charge in [-0.05, 0) is 208 Å². The number of hydrogen-bond acceptors (Lipinski definition) is 3. The SMILES string of the molecule is CCCCCCCCCOC(CCCC(C)CC(C)CC(C)CC(C)CC(C)CC(C)CCCI)OC(CCCC(C)CC(C)CC(C)CC(C)CC(C)CC(C)CCCI)OCCCCCCCCC. The molecule has 0 saturated carbocycles. The molecule has 5 heteroatoms. The van der Waals surface area contributed by atoms with Crippen LogP contribution in [0, 0.1) is 71.0 Å². The van der Waals surface area contributed by atoms with Gasteiger partial charge in [-0.1, -0.05) is 232 Å². The normalized spacial score (nSPS) is 18.3. The minimum atomic E-state index is -0.162. The van der Waals surface area contributed by atoms with Crippen molar-refractivity contribution < 1.29 is 14.2 Å². The van der Waals surface area contributed by atoms with Crippen molar-refractivity contribution in [1.82, 2.24) is 0 Å². The average molecular weight is 1230 g/mol. The Bertz CT molecular complexity index is 1010. The minimum Gasteiger partial charge on any atom is -0.353 e. The first kappa shape index (κ1) is 72.3. The van der Waals surface area contributed by atoms with Gasteiger partial charge in [0.25, 0.3) is 0 Å². The van der Waals surface area contributed by atoms with Crippen molar-refractivity contribution in [2.45, 2.75) is 328 Å². The van der Waals surface area contributed by atoms with Crippen LogP contribution in [-0.4, -0.2) is 34.6 Å². The molecule has 428 valence electrons. The van der Waals surface area contributed by atoms with Crippen molar-refractivity contribution in [1.29, 1.82) is 0 Å². The van der Waals surface area contributed by atoms with Crippen LogP contribution in [0.15, 0.2) is 0 Å². The molecule has 0 radical (unpaired) electrons. The molecule has 0 saturated heterocycles. The third-order valence-corrected chi connectivity index (χ3v) is 17.9. The molecule has 0 amide bonds. The number of alkyl halides is 2. The van der Waals surface area contributed by atoms with Crippen LogP contribution < -0.4 is 0 Å². The molecular weight excluding hydrogens is 1090 g/mol. The molecule has 0 aromatic carbocycles. The van der Waals surface area contributed by atoms with E-state index in [1.807, 2.05) is 0 Å². The van der Waals surface area contributed by atoms with Gasteiger partial charge in [-0.25, -0.2) is 0 Å². The van der Waals surface area contributed by atoms with Gasteiger partial charge in [0.15, 0.2) is 12.6 Å². The Kier molecular flexibility index (Phi) is 50.6. The topological polar surface area (TPSA) is 27.7 Å². The molecule has 0 heterocycles. The second kappa shape index (κ2) is 49.6. The third-order valence-electron chi connectivity index (χ3n) is 16.4. The summed E-state index contributed by atoms with van der Waals surface area (Å²) in [6.45, 7) is 36.4. The number of halogens is 2. The Hall–Kier alpha value is 1.34. The summed E-state index contributed by atoms with van der Waals surface area (Å²) in [6, 6.07) is 0. The zero-order valence-electron chi connectivity index (χ0n) is 50.9. The van der Waals surface area contributed by atoms with Gasteiger partial charge in [0.2, 0.25) is 0 Å². The summed E-state index contributed by atoms with van der Waals surface area (Å²) in [4.78, 5) is 0. The summed E-state index contributed by atoms with van der Waals surface area (Å²) in [6.07, 6.45) is 44.2. The first-order valence-electron chi connectivity index (χ1n) is 32.0. The molecule has 14 unspecified atom stereocenters. The van der Waals surface area contributed by atoms with E-state index in [-0.39, 0.29) is 12.6 Å². The molecule has 3 nitrogen and oxygen atoms in total. The smallest absolute Gasteiger partial charge is 0.160 e. The molecule has 0 aromatic heterocycles. The van der Waals surface area contributed by atoms with Crippen LogP contribution >= 0.6 is 45.2 Å². The summed E-state index contributed by atoms with van der Waals surface area (Å²) in [5.74, 6) is 9.80. The Labute approximate surface area is 476 Å². The van der Waals surface area contributed by atoms with Crippen molar-refractivity contribution in [2.75, 3.05) is 22.1 Å². The Morgan fingerprint density at radius 3 is 0.732 bits per heavy atom. The van der Waals surface area contributed by atoms with Crippen LogP contribution in [0.3, 0.4) is 0 Å². The molecule has 0 aliphatic rings. The summed E-state index contributed by atoms with van der Waals surface area (Å²) in [7, 11) is 0. The largest absolute Gasteiger partial charge is 0.353 e. The predicted octanol–water partition coefficient (Wildman–Crippen LogP) is 23.5. The van der Waals surface area contributed by atoms with Gasteiger partial charge in [-0.2, -0.15) is 0 Å². The summed E-state index contributed by atoms with van der Waals surface area (Å²) >= 11 is 5.07. The van der Waals surface area contributed by atoms with Crippen LogP contribution in [0.25, 0.3) is 0 Å². The number of hydrogen-bond donors (Lipinski definition) is 0. The van der Waals surface area contributed by atoms with E-state index in [4.69, 9.17) is 14.2 Å². The van der Waals surface area contributed by atoms with Gasteiger partial charge in [0, 0.05) is 13.2 Å². The van der Waals surface area contributed by atoms with Gasteiger partial charge < -0.3 is 14.2 Å². The molecule has 0 fully saturated rings. The van der Waals surface area contributed by atoms with Crippen molar-refractivity contribution in [3.63, 3.8) is 0 Å². The number of rotatable bonds is 54. The fourth-order valence-corrected chi connectivity index (χ4v) is 14.2. The van der Waals surface area contributed by atoms with E-state index in [0.717, 1.165) is 110 Å². The number of unbranched alkanes of at least 4 members (excludes halogenated alkanes) is 12. The molecule has 0 spiro atoms. The van der Waals surface area contributed by atoms with Gasteiger partial charge in [0.1, 0.15) is 0 Å². The van der Waals surface area contributed by atoms with E-state index in [0.29, 0.717) is 0 Å². The highest BCUT2D eigenvalue weighted by molar-refractivity contribution is 14.1. The highest BCUT2D eigenvalue weighted by Crippen LogP contribution is 2.33. The summed E-state index contributed by atoms with van der Waals surface area (Å²) in [5, 5.41) is 0. The molecule has 0 aromatic rings. The minimum absolute atomic E-state index is 0.162. The monoisotopic (exact) mass is 1230 g/mol. The third kappa shape index (κ3) is 47.1. The number of ether oxygens (including phenoxy) is 3. The lowest BCUT2D eigenvalue weighted by atomic mass is 9.81. The maximum Gasteiger partial charge on any atom is 0.160 e. The van der Waals surface area contributed by atoms with E-state index in [2.05, 4.69) is 142 Å². The van der Waals surface area contributed by atoms with E-state index < -0.39 is 0 Å². The fraction of sp³-hybridized carbons (Fsp3) is 1.00. The molecule has 0 bridgehead atoms. The lowest BCUT2D eigenvalue weighted by Crippen LogP contribution is -2.28. The quantitative estimate of drug-likeness (QED) is 0.0263. The molecule has 0 rings (SSSR count). The Morgan fingerprint density at radius 2 is 0.479 bits per heavy atom.